The van der Waals surface area contributed by atoms with E-state index >= 15 is 0 Å². The van der Waals surface area contributed by atoms with Gasteiger partial charge in [-0.25, -0.2) is 0 Å². The predicted molar refractivity (Wildman–Crippen MR) is 43.0 cm³/mol. The standard InChI is InChI=1S/C7H14N2O3/c1-4(6(8)11)3-9-7(12)5(2)10/h4-5,10H,3H2,1-2H3,(H2,8,11)(H,9,12)/t4-,5?/m1/s1. The molecule has 70 valence electrons. The van der Waals surface area contributed by atoms with Gasteiger partial charge in [0.25, 0.3) is 0 Å². The van der Waals surface area contributed by atoms with Gasteiger partial charge in [0.2, 0.25) is 11.8 Å². The molecule has 0 heterocycles. The van der Waals surface area contributed by atoms with Crippen LogP contribution in [0.1, 0.15) is 13.8 Å². The highest BCUT2D eigenvalue weighted by Crippen LogP contribution is 1.90. The minimum absolute atomic E-state index is 0.166. The zero-order valence-electron chi connectivity index (χ0n) is 7.20. The molecule has 0 fully saturated rings. The quantitative estimate of drug-likeness (QED) is 0.489. The van der Waals surface area contributed by atoms with E-state index in [9.17, 15) is 9.59 Å². The van der Waals surface area contributed by atoms with Gasteiger partial charge in [-0.2, -0.15) is 0 Å². The number of hydrogen-bond donors (Lipinski definition) is 3. The van der Waals surface area contributed by atoms with Crippen LogP contribution in [0.3, 0.4) is 0 Å². The highest BCUT2D eigenvalue weighted by atomic mass is 16.3. The summed E-state index contributed by atoms with van der Waals surface area (Å²) in [5.74, 6) is -1.38. The molecule has 0 spiro atoms. The Balaban J connectivity index is 3.69. The van der Waals surface area contributed by atoms with Gasteiger partial charge >= 0.3 is 0 Å². The molecule has 0 aromatic carbocycles. The van der Waals surface area contributed by atoms with E-state index in [1.54, 1.807) is 6.92 Å². The third-order valence-electron chi connectivity index (χ3n) is 1.45. The van der Waals surface area contributed by atoms with Crippen molar-refractivity contribution >= 4 is 11.8 Å². The van der Waals surface area contributed by atoms with Gasteiger partial charge in [0.15, 0.2) is 0 Å². The number of nitrogens with one attached hydrogen (secondary N) is 1. The van der Waals surface area contributed by atoms with Crippen molar-refractivity contribution in [1.29, 1.82) is 0 Å². The summed E-state index contributed by atoms with van der Waals surface area (Å²) in [6.45, 7) is 3.12. The molecule has 0 bridgehead atoms. The molecule has 4 N–H and O–H groups in total. The summed E-state index contributed by atoms with van der Waals surface area (Å²) in [7, 11) is 0. The summed E-state index contributed by atoms with van der Waals surface area (Å²) in [5, 5.41) is 11.1. The predicted octanol–water partition coefficient (Wildman–Crippen LogP) is -1.40. The molecule has 5 heteroatoms. The van der Waals surface area contributed by atoms with Crippen molar-refractivity contribution in [2.45, 2.75) is 20.0 Å². The molecule has 0 aliphatic heterocycles. The van der Waals surface area contributed by atoms with Crippen molar-refractivity contribution in [1.82, 2.24) is 5.32 Å². The van der Waals surface area contributed by atoms with Crippen molar-refractivity contribution in [3.05, 3.63) is 0 Å². The molecule has 0 rings (SSSR count). The molecule has 0 aliphatic carbocycles. The average molecular weight is 174 g/mol. The molecule has 5 nitrogen and oxygen atoms in total. The number of rotatable bonds is 4. The highest BCUT2D eigenvalue weighted by molar-refractivity contribution is 5.81. The van der Waals surface area contributed by atoms with E-state index in [1.807, 2.05) is 0 Å². The largest absolute Gasteiger partial charge is 0.384 e. The summed E-state index contributed by atoms with van der Waals surface area (Å²) < 4.78 is 0. The molecular formula is C7H14N2O3. The lowest BCUT2D eigenvalue weighted by molar-refractivity contribution is -0.129. The Labute approximate surface area is 70.9 Å². The normalized spacial score (nSPS) is 14.9. The second-order valence-electron chi connectivity index (χ2n) is 2.72. The fourth-order valence-corrected chi connectivity index (χ4v) is 0.502. The maximum atomic E-state index is 10.8. The fourth-order valence-electron chi connectivity index (χ4n) is 0.502. The van der Waals surface area contributed by atoms with Gasteiger partial charge in [-0.05, 0) is 6.92 Å². The minimum Gasteiger partial charge on any atom is -0.384 e. The van der Waals surface area contributed by atoms with Gasteiger partial charge in [-0.15, -0.1) is 0 Å². The Kier molecular flexibility index (Phi) is 4.28. The van der Waals surface area contributed by atoms with Gasteiger partial charge in [0.1, 0.15) is 6.10 Å². The molecule has 12 heavy (non-hydrogen) atoms. The van der Waals surface area contributed by atoms with Gasteiger partial charge in [0, 0.05) is 6.54 Å². The summed E-state index contributed by atoms with van der Waals surface area (Å²) in [5.41, 5.74) is 4.95. The Morgan fingerprint density at radius 1 is 1.50 bits per heavy atom. The van der Waals surface area contributed by atoms with Crippen LogP contribution < -0.4 is 11.1 Å². The van der Waals surface area contributed by atoms with Crippen LogP contribution >= 0.6 is 0 Å². The van der Waals surface area contributed by atoms with E-state index in [-0.39, 0.29) is 6.54 Å². The molecule has 2 amide bonds. The lowest BCUT2D eigenvalue weighted by Crippen LogP contribution is -2.38. The highest BCUT2D eigenvalue weighted by Gasteiger charge is 2.12. The number of nitrogens with two attached hydrogens (primary N) is 1. The van der Waals surface area contributed by atoms with E-state index in [0.29, 0.717) is 0 Å². The monoisotopic (exact) mass is 174 g/mol. The summed E-state index contributed by atoms with van der Waals surface area (Å²) in [6.07, 6.45) is -1.05. The maximum Gasteiger partial charge on any atom is 0.248 e. The molecule has 0 aliphatic rings. The Morgan fingerprint density at radius 3 is 2.33 bits per heavy atom. The number of aliphatic hydroxyl groups excluding tert-OH is 1. The first-order valence-electron chi connectivity index (χ1n) is 3.70. The smallest absolute Gasteiger partial charge is 0.248 e. The topological polar surface area (TPSA) is 92.4 Å². The van der Waals surface area contributed by atoms with Crippen molar-refractivity contribution in [2.24, 2.45) is 11.7 Å². The van der Waals surface area contributed by atoms with Crippen molar-refractivity contribution < 1.29 is 14.7 Å². The molecule has 1 unspecified atom stereocenters. The van der Waals surface area contributed by atoms with Crippen LogP contribution in [0.4, 0.5) is 0 Å². The molecule has 0 aromatic heterocycles. The van der Waals surface area contributed by atoms with E-state index in [4.69, 9.17) is 10.8 Å². The molecule has 0 saturated carbocycles. The minimum atomic E-state index is -1.05. The second kappa shape index (κ2) is 4.71. The summed E-state index contributed by atoms with van der Waals surface area (Å²) in [4.78, 5) is 21.2. The van der Waals surface area contributed by atoms with Crippen LogP contribution in [0.15, 0.2) is 0 Å². The molecule has 2 atom stereocenters. The molecule has 0 radical (unpaired) electrons. The van der Waals surface area contributed by atoms with E-state index in [0.717, 1.165) is 0 Å². The third-order valence-corrected chi connectivity index (χ3v) is 1.45. The molecule has 0 aromatic rings. The maximum absolute atomic E-state index is 10.8. The van der Waals surface area contributed by atoms with E-state index < -0.39 is 23.8 Å². The summed E-state index contributed by atoms with van der Waals surface area (Å²) in [6, 6.07) is 0. The first kappa shape index (κ1) is 10.9. The van der Waals surface area contributed by atoms with Gasteiger partial charge in [-0.3, -0.25) is 9.59 Å². The van der Waals surface area contributed by atoms with Crippen LogP contribution in [-0.4, -0.2) is 29.6 Å². The van der Waals surface area contributed by atoms with Crippen LogP contribution in [-0.2, 0) is 9.59 Å². The number of hydrogen-bond acceptors (Lipinski definition) is 3. The zero-order valence-corrected chi connectivity index (χ0v) is 7.20. The van der Waals surface area contributed by atoms with E-state index in [2.05, 4.69) is 5.32 Å². The average Bonchev–Trinajstić information content (AvgIpc) is 1.98. The van der Waals surface area contributed by atoms with Crippen molar-refractivity contribution in [3.63, 3.8) is 0 Å². The Hall–Kier alpha value is -1.10. The number of primary amides is 1. The molecule has 0 saturated heterocycles. The number of amides is 2. The third kappa shape index (κ3) is 3.92. The van der Waals surface area contributed by atoms with E-state index in [1.165, 1.54) is 6.92 Å². The lowest BCUT2D eigenvalue weighted by Gasteiger charge is -2.09. The van der Waals surface area contributed by atoms with Crippen molar-refractivity contribution in [2.75, 3.05) is 6.54 Å². The summed E-state index contributed by atoms with van der Waals surface area (Å²) >= 11 is 0. The van der Waals surface area contributed by atoms with Gasteiger partial charge < -0.3 is 16.2 Å². The van der Waals surface area contributed by atoms with Crippen LogP contribution in [0.5, 0.6) is 0 Å². The fraction of sp³-hybridized carbons (Fsp3) is 0.714. The number of carbonyl (C=O) groups is 2. The zero-order chi connectivity index (χ0) is 9.72. The second-order valence-corrected chi connectivity index (χ2v) is 2.72. The Morgan fingerprint density at radius 2 is 2.00 bits per heavy atom. The Bertz CT molecular complexity index is 179. The van der Waals surface area contributed by atoms with Crippen LogP contribution in [0, 0.1) is 5.92 Å². The van der Waals surface area contributed by atoms with Crippen LogP contribution in [0.2, 0.25) is 0 Å². The SMILES string of the molecule is CC(O)C(=O)NC[C@@H](C)C(N)=O. The van der Waals surface area contributed by atoms with Gasteiger partial charge in [0.05, 0.1) is 5.92 Å². The van der Waals surface area contributed by atoms with Crippen molar-refractivity contribution in [3.8, 4) is 0 Å². The van der Waals surface area contributed by atoms with Gasteiger partial charge in [-0.1, -0.05) is 6.92 Å². The van der Waals surface area contributed by atoms with Crippen LogP contribution in [0.25, 0.3) is 0 Å². The number of aliphatic hydroxyl groups is 1. The first-order valence-corrected chi connectivity index (χ1v) is 3.70. The molecular weight excluding hydrogens is 160 g/mol. The lowest BCUT2D eigenvalue weighted by atomic mass is 10.1. The number of carbonyl (C=O) groups excluding carboxylic acids is 2. The first-order chi connectivity index (χ1) is 5.45.